The Balaban J connectivity index is 1.82. The van der Waals surface area contributed by atoms with E-state index in [2.05, 4.69) is 15.1 Å². The molecule has 1 aliphatic heterocycles. The fourth-order valence-corrected chi connectivity index (χ4v) is 3.21. The molecule has 3 heterocycles. The topological polar surface area (TPSA) is 75.3 Å². The summed E-state index contributed by atoms with van der Waals surface area (Å²) < 4.78 is 32.0. The number of hydrogen-bond acceptors (Lipinski definition) is 6. The van der Waals surface area contributed by atoms with E-state index in [0.717, 1.165) is 12.1 Å². The summed E-state index contributed by atoms with van der Waals surface area (Å²) in [5.41, 5.74) is 1.56. The van der Waals surface area contributed by atoms with E-state index in [4.69, 9.17) is 4.52 Å². The lowest BCUT2D eigenvalue weighted by molar-refractivity contribution is 0.194. The van der Waals surface area contributed by atoms with Crippen molar-refractivity contribution >= 4 is 16.9 Å². The summed E-state index contributed by atoms with van der Waals surface area (Å²) in [7, 11) is 0. The van der Waals surface area contributed by atoms with Crippen LogP contribution in [-0.2, 0) is 0 Å². The summed E-state index contributed by atoms with van der Waals surface area (Å²) in [6.07, 6.45) is 1.14. The summed E-state index contributed by atoms with van der Waals surface area (Å²) in [6.45, 7) is 2.10. The summed E-state index contributed by atoms with van der Waals surface area (Å²) >= 11 is 0. The number of halogens is 2. The maximum Gasteiger partial charge on any atom is 0.263 e. The highest BCUT2D eigenvalue weighted by atomic mass is 19.2. The molecule has 2 aromatic heterocycles. The number of β-amino-alcohol motifs (C(OH)–C–C–N with tert-alkyl or cyclic N) is 1. The number of rotatable bonds is 2. The lowest BCUT2D eigenvalue weighted by Gasteiger charge is -2.26. The first-order valence-electron chi connectivity index (χ1n) is 7.51. The number of aliphatic hydroxyl groups excluding tert-OH is 1. The van der Waals surface area contributed by atoms with Gasteiger partial charge in [-0.3, -0.25) is 0 Å². The molecular weight excluding hydrogens is 318 g/mol. The molecule has 6 nitrogen and oxygen atoms in total. The molecule has 1 saturated heterocycles. The van der Waals surface area contributed by atoms with Crippen LogP contribution in [0, 0.1) is 18.6 Å². The summed E-state index contributed by atoms with van der Waals surface area (Å²) in [4.78, 5) is 10.2. The van der Waals surface area contributed by atoms with Gasteiger partial charge in [-0.05, 0) is 31.0 Å². The monoisotopic (exact) mass is 332 g/mol. The molecule has 0 aliphatic carbocycles. The molecule has 124 valence electrons. The van der Waals surface area contributed by atoms with Crippen molar-refractivity contribution in [1.82, 2.24) is 15.1 Å². The van der Waals surface area contributed by atoms with Crippen LogP contribution in [-0.4, -0.2) is 32.9 Å². The van der Waals surface area contributed by atoms with Gasteiger partial charge in [-0.25, -0.2) is 13.8 Å². The van der Waals surface area contributed by atoms with Crippen molar-refractivity contribution < 1.29 is 18.4 Å². The standard InChI is InChI=1S/C16H14F2N4O2/c1-8-14-15(19-7-20-16(14)24-21-8)22-6-10(23)5-13(22)9-2-3-11(17)12(18)4-9/h2-4,7,10,13,23H,5-6H2,1H3/t10-,13+/m1/s1. The van der Waals surface area contributed by atoms with Gasteiger partial charge < -0.3 is 14.5 Å². The van der Waals surface area contributed by atoms with E-state index in [1.807, 2.05) is 4.90 Å². The van der Waals surface area contributed by atoms with Gasteiger partial charge in [0.1, 0.15) is 17.5 Å². The van der Waals surface area contributed by atoms with Gasteiger partial charge in [0, 0.05) is 6.54 Å². The Hall–Kier alpha value is -2.61. The lowest BCUT2D eigenvalue weighted by Crippen LogP contribution is -2.25. The number of aliphatic hydroxyl groups is 1. The highest BCUT2D eigenvalue weighted by Gasteiger charge is 2.35. The zero-order valence-corrected chi connectivity index (χ0v) is 12.8. The molecule has 2 atom stereocenters. The average Bonchev–Trinajstić information content (AvgIpc) is 3.14. The van der Waals surface area contributed by atoms with Crippen LogP contribution >= 0.6 is 0 Å². The molecule has 3 aromatic rings. The van der Waals surface area contributed by atoms with Gasteiger partial charge in [-0.15, -0.1) is 0 Å². The van der Waals surface area contributed by atoms with Crippen LogP contribution in [0.4, 0.5) is 14.6 Å². The zero-order valence-electron chi connectivity index (χ0n) is 12.8. The minimum absolute atomic E-state index is 0.320. The third-order valence-electron chi connectivity index (χ3n) is 4.30. The van der Waals surface area contributed by atoms with E-state index < -0.39 is 17.7 Å². The van der Waals surface area contributed by atoms with Crippen molar-refractivity contribution in [1.29, 1.82) is 0 Å². The highest BCUT2D eigenvalue weighted by molar-refractivity contribution is 5.88. The highest BCUT2D eigenvalue weighted by Crippen LogP contribution is 2.39. The number of nitrogens with zero attached hydrogens (tertiary/aromatic N) is 4. The van der Waals surface area contributed by atoms with Crippen LogP contribution in [0.2, 0.25) is 0 Å². The van der Waals surface area contributed by atoms with E-state index in [-0.39, 0.29) is 6.04 Å². The first-order chi connectivity index (χ1) is 11.5. The number of fused-ring (bicyclic) bond motifs is 1. The van der Waals surface area contributed by atoms with E-state index in [1.54, 1.807) is 6.92 Å². The number of hydrogen-bond donors (Lipinski definition) is 1. The molecule has 1 N–H and O–H groups in total. The Bertz CT molecular complexity index is 914. The molecule has 0 spiro atoms. The van der Waals surface area contributed by atoms with E-state index >= 15 is 0 Å². The van der Waals surface area contributed by atoms with Crippen LogP contribution in [0.3, 0.4) is 0 Å². The molecule has 0 saturated carbocycles. The van der Waals surface area contributed by atoms with Gasteiger partial charge >= 0.3 is 0 Å². The van der Waals surface area contributed by atoms with Crippen molar-refractivity contribution in [3.8, 4) is 0 Å². The smallest absolute Gasteiger partial charge is 0.263 e. The Morgan fingerprint density at radius 2 is 2.08 bits per heavy atom. The van der Waals surface area contributed by atoms with Crippen molar-refractivity contribution in [3.05, 3.63) is 47.4 Å². The maximum atomic E-state index is 13.6. The van der Waals surface area contributed by atoms with Gasteiger partial charge in [0.2, 0.25) is 0 Å². The molecule has 1 aromatic carbocycles. The molecule has 8 heteroatoms. The lowest BCUT2D eigenvalue weighted by atomic mass is 10.0. The molecule has 4 rings (SSSR count). The molecular formula is C16H14F2N4O2. The minimum Gasteiger partial charge on any atom is -0.391 e. The summed E-state index contributed by atoms with van der Waals surface area (Å²) in [5.74, 6) is -1.25. The Kier molecular flexibility index (Phi) is 3.42. The van der Waals surface area contributed by atoms with Crippen LogP contribution in [0.15, 0.2) is 29.0 Å². The maximum absolute atomic E-state index is 13.6. The van der Waals surface area contributed by atoms with Gasteiger partial charge in [0.25, 0.3) is 5.71 Å². The second-order valence-corrected chi connectivity index (χ2v) is 5.88. The van der Waals surface area contributed by atoms with Crippen LogP contribution in [0.25, 0.3) is 11.1 Å². The fourth-order valence-electron chi connectivity index (χ4n) is 3.21. The van der Waals surface area contributed by atoms with Crippen molar-refractivity contribution in [2.24, 2.45) is 0 Å². The molecule has 1 aliphatic rings. The van der Waals surface area contributed by atoms with Crippen LogP contribution < -0.4 is 4.90 Å². The van der Waals surface area contributed by atoms with E-state index in [9.17, 15) is 13.9 Å². The molecule has 0 bridgehead atoms. The SMILES string of the molecule is Cc1noc2ncnc(N3C[C@H](O)C[C@H]3c3ccc(F)c(F)c3)c12. The number of benzene rings is 1. The first-order valence-corrected chi connectivity index (χ1v) is 7.51. The largest absolute Gasteiger partial charge is 0.391 e. The minimum atomic E-state index is -0.914. The number of aryl methyl sites for hydroxylation is 1. The van der Waals surface area contributed by atoms with Crippen molar-refractivity contribution in [3.63, 3.8) is 0 Å². The second-order valence-electron chi connectivity index (χ2n) is 5.88. The number of aromatic nitrogens is 3. The predicted molar refractivity (Wildman–Crippen MR) is 81.4 cm³/mol. The first kappa shape index (κ1) is 14.9. The second kappa shape index (κ2) is 5.48. The normalized spacial score (nSPS) is 20.9. The van der Waals surface area contributed by atoms with Gasteiger partial charge in [0.15, 0.2) is 11.6 Å². The third kappa shape index (κ3) is 2.30. The number of anilines is 1. The summed E-state index contributed by atoms with van der Waals surface area (Å²) in [5, 5.41) is 14.7. The van der Waals surface area contributed by atoms with Gasteiger partial charge in [0.05, 0.1) is 17.8 Å². The van der Waals surface area contributed by atoms with Crippen molar-refractivity contribution in [2.75, 3.05) is 11.4 Å². The molecule has 0 unspecified atom stereocenters. The fraction of sp³-hybridized carbons (Fsp3) is 0.312. The molecule has 0 radical (unpaired) electrons. The summed E-state index contributed by atoms with van der Waals surface area (Å²) in [6, 6.07) is 3.44. The molecule has 1 fully saturated rings. The average molecular weight is 332 g/mol. The molecule has 24 heavy (non-hydrogen) atoms. The zero-order chi connectivity index (χ0) is 16.8. The van der Waals surface area contributed by atoms with Crippen molar-refractivity contribution in [2.45, 2.75) is 25.5 Å². The Morgan fingerprint density at radius 1 is 1.25 bits per heavy atom. The van der Waals surface area contributed by atoms with E-state index in [0.29, 0.717) is 41.1 Å². The molecule has 0 amide bonds. The Labute approximate surface area is 135 Å². The van der Waals surface area contributed by atoms with Crippen LogP contribution in [0.1, 0.15) is 23.7 Å². The van der Waals surface area contributed by atoms with E-state index in [1.165, 1.54) is 12.4 Å². The third-order valence-corrected chi connectivity index (χ3v) is 4.30. The van der Waals surface area contributed by atoms with Gasteiger partial charge in [-0.2, -0.15) is 4.98 Å². The van der Waals surface area contributed by atoms with Crippen LogP contribution in [0.5, 0.6) is 0 Å². The predicted octanol–water partition coefficient (Wildman–Crippen LogP) is 2.52. The quantitative estimate of drug-likeness (QED) is 0.777. The Morgan fingerprint density at radius 3 is 2.88 bits per heavy atom. The van der Waals surface area contributed by atoms with Gasteiger partial charge in [-0.1, -0.05) is 11.2 Å².